The summed E-state index contributed by atoms with van der Waals surface area (Å²) in [6, 6.07) is 16.7. The van der Waals surface area contributed by atoms with Gasteiger partial charge >= 0.3 is 5.97 Å². The summed E-state index contributed by atoms with van der Waals surface area (Å²) in [5.41, 5.74) is 2.87. The predicted molar refractivity (Wildman–Crippen MR) is 129 cm³/mol. The molecule has 0 atom stereocenters. The van der Waals surface area contributed by atoms with E-state index in [0.29, 0.717) is 34.5 Å². The Morgan fingerprint density at radius 1 is 0.971 bits per heavy atom. The molecule has 2 N–H and O–H groups in total. The zero-order valence-corrected chi connectivity index (χ0v) is 19.4. The third-order valence-electron chi connectivity index (χ3n) is 5.24. The molecule has 1 amide bonds. The Balaban J connectivity index is 1.73. The van der Waals surface area contributed by atoms with E-state index in [4.69, 9.17) is 9.47 Å². The van der Waals surface area contributed by atoms with Crippen molar-refractivity contribution in [2.24, 2.45) is 0 Å². The maximum atomic E-state index is 12.7. The van der Waals surface area contributed by atoms with Crippen LogP contribution in [0, 0.1) is 0 Å². The molecule has 0 bridgehead atoms. The molecule has 0 aliphatic heterocycles. The highest BCUT2D eigenvalue weighted by Gasteiger charge is 2.16. The Morgan fingerprint density at radius 2 is 1.71 bits per heavy atom. The molecule has 7 heteroatoms. The van der Waals surface area contributed by atoms with Crippen LogP contribution < -0.4 is 10.1 Å². The van der Waals surface area contributed by atoms with Crippen LogP contribution in [0.2, 0.25) is 0 Å². The predicted octanol–water partition coefficient (Wildman–Crippen LogP) is 5.17. The number of esters is 1. The largest absolute Gasteiger partial charge is 0.507 e. The molecule has 3 rings (SSSR count). The number of aromatic hydroxyl groups is 1. The third-order valence-corrected chi connectivity index (χ3v) is 5.24. The molecule has 0 fully saturated rings. The van der Waals surface area contributed by atoms with Gasteiger partial charge in [0.1, 0.15) is 18.1 Å². The van der Waals surface area contributed by atoms with E-state index in [-0.39, 0.29) is 29.6 Å². The molecule has 0 spiro atoms. The normalized spacial score (nSPS) is 10.4. The van der Waals surface area contributed by atoms with Gasteiger partial charge in [-0.25, -0.2) is 4.79 Å². The van der Waals surface area contributed by atoms with Gasteiger partial charge in [-0.15, -0.1) is 0 Å². The molecule has 176 valence electrons. The van der Waals surface area contributed by atoms with Gasteiger partial charge in [0.25, 0.3) is 5.91 Å². The minimum absolute atomic E-state index is 0.0398. The monoisotopic (exact) mass is 461 g/mol. The molecule has 0 aliphatic rings. The van der Waals surface area contributed by atoms with Crippen molar-refractivity contribution in [2.45, 2.75) is 33.3 Å². The topological polar surface area (TPSA) is 102 Å². The fraction of sp³-hybridized carbons (Fsp3) is 0.222. The smallest absolute Gasteiger partial charge is 0.337 e. The minimum atomic E-state index is -0.515. The third kappa shape index (κ3) is 5.81. The van der Waals surface area contributed by atoms with Crippen molar-refractivity contribution < 1.29 is 29.0 Å². The van der Waals surface area contributed by atoms with E-state index in [1.807, 2.05) is 13.0 Å². The van der Waals surface area contributed by atoms with Gasteiger partial charge in [-0.05, 0) is 61.4 Å². The number of phenolic OH excluding ortho intramolecular Hbond substituents is 1. The van der Waals surface area contributed by atoms with E-state index in [0.717, 1.165) is 12.0 Å². The molecule has 7 nitrogen and oxygen atoms in total. The number of anilines is 1. The lowest BCUT2D eigenvalue weighted by atomic mass is 10.0. The molecule has 0 radical (unpaired) electrons. The fourth-order valence-electron chi connectivity index (χ4n) is 3.54. The highest BCUT2D eigenvalue weighted by atomic mass is 16.5. The number of carbonyl (C=O) groups is 3. The van der Waals surface area contributed by atoms with Crippen LogP contribution in [-0.4, -0.2) is 29.9 Å². The van der Waals surface area contributed by atoms with Crippen molar-refractivity contribution in [3.63, 3.8) is 0 Å². The Bertz CT molecular complexity index is 1220. The Hall–Kier alpha value is -4.13. The summed E-state index contributed by atoms with van der Waals surface area (Å²) in [6.45, 7) is 3.60. The lowest BCUT2D eigenvalue weighted by Gasteiger charge is -2.15. The van der Waals surface area contributed by atoms with Gasteiger partial charge in [-0.1, -0.05) is 31.5 Å². The first-order valence-electron chi connectivity index (χ1n) is 10.9. The first kappa shape index (κ1) is 24.5. The van der Waals surface area contributed by atoms with Crippen molar-refractivity contribution >= 4 is 23.3 Å². The number of benzene rings is 3. The molecule has 0 saturated carbocycles. The lowest BCUT2D eigenvalue weighted by Crippen LogP contribution is -2.13. The van der Waals surface area contributed by atoms with Crippen molar-refractivity contribution in [3.8, 4) is 11.5 Å². The van der Waals surface area contributed by atoms with Crippen LogP contribution in [-0.2, 0) is 17.8 Å². The van der Waals surface area contributed by atoms with E-state index in [2.05, 4.69) is 5.32 Å². The summed E-state index contributed by atoms with van der Waals surface area (Å²) in [6.07, 6.45) is 1.35. The Labute approximate surface area is 198 Å². The molecule has 3 aromatic carbocycles. The van der Waals surface area contributed by atoms with Gasteiger partial charge in [-0.3, -0.25) is 9.59 Å². The molecule has 34 heavy (non-hydrogen) atoms. The van der Waals surface area contributed by atoms with Crippen LogP contribution in [0.15, 0.2) is 60.7 Å². The zero-order chi connectivity index (χ0) is 24.7. The summed E-state index contributed by atoms with van der Waals surface area (Å²) >= 11 is 0. The maximum Gasteiger partial charge on any atom is 0.337 e. The van der Waals surface area contributed by atoms with Gasteiger partial charge in [0.15, 0.2) is 5.78 Å². The molecule has 0 aromatic heterocycles. The molecule has 0 saturated heterocycles. The first-order chi connectivity index (χ1) is 16.3. The Kier molecular flexibility index (Phi) is 8.03. The number of Topliss-reactive ketones (excluding diaryl/α,β-unsaturated/α-hetero) is 1. The van der Waals surface area contributed by atoms with Crippen LogP contribution in [0.3, 0.4) is 0 Å². The molecule has 0 unspecified atom stereocenters. The molecule has 3 aromatic rings. The number of methoxy groups -OCH3 is 1. The SMILES string of the molecule is CCCc1c(OCc2cccc(NC(=O)c3cccc(C(=O)OC)c3)c2)ccc(C(C)=O)c1O. The number of ether oxygens (including phenoxy) is 2. The number of carbonyl (C=O) groups excluding carboxylic acids is 3. The zero-order valence-electron chi connectivity index (χ0n) is 19.4. The second-order valence-corrected chi connectivity index (χ2v) is 7.76. The summed E-state index contributed by atoms with van der Waals surface area (Å²) in [4.78, 5) is 36.1. The summed E-state index contributed by atoms with van der Waals surface area (Å²) < 4.78 is 10.7. The van der Waals surface area contributed by atoms with Crippen molar-refractivity contribution in [1.82, 2.24) is 0 Å². The minimum Gasteiger partial charge on any atom is -0.507 e. The molecular weight excluding hydrogens is 434 g/mol. The molecule has 0 aliphatic carbocycles. The van der Waals surface area contributed by atoms with E-state index in [1.165, 1.54) is 20.1 Å². The fourth-order valence-corrected chi connectivity index (χ4v) is 3.54. The second kappa shape index (κ2) is 11.1. The number of nitrogens with one attached hydrogen (secondary N) is 1. The highest BCUT2D eigenvalue weighted by Crippen LogP contribution is 2.33. The average molecular weight is 462 g/mol. The average Bonchev–Trinajstić information content (AvgIpc) is 2.84. The van der Waals surface area contributed by atoms with Gasteiger partial charge in [0, 0.05) is 16.8 Å². The number of amides is 1. The van der Waals surface area contributed by atoms with Crippen molar-refractivity contribution in [2.75, 3.05) is 12.4 Å². The Morgan fingerprint density at radius 3 is 2.41 bits per heavy atom. The number of ketones is 1. The van der Waals surface area contributed by atoms with E-state index >= 15 is 0 Å². The van der Waals surface area contributed by atoms with Crippen LogP contribution in [0.25, 0.3) is 0 Å². The summed E-state index contributed by atoms with van der Waals surface area (Å²) in [5.74, 6) is -0.611. The van der Waals surface area contributed by atoms with Crippen molar-refractivity contribution in [3.05, 3.63) is 88.5 Å². The molecule has 0 heterocycles. The van der Waals surface area contributed by atoms with Crippen LogP contribution in [0.1, 0.15) is 62.5 Å². The lowest BCUT2D eigenvalue weighted by molar-refractivity contribution is 0.0600. The van der Waals surface area contributed by atoms with Crippen molar-refractivity contribution in [1.29, 1.82) is 0 Å². The number of phenols is 1. The second-order valence-electron chi connectivity index (χ2n) is 7.76. The number of hydrogen-bond acceptors (Lipinski definition) is 6. The standard InChI is InChI=1S/C27H27NO6/c1-4-7-23-24(13-12-22(17(2)29)25(23)30)34-16-18-8-5-11-21(14-18)28-26(31)19-9-6-10-20(15-19)27(32)33-3/h5-6,8-15,30H,4,7,16H2,1-3H3,(H,28,31). The quantitative estimate of drug-likeness (QED) is 0.337. The summed E-state index contributed by atoms with van der Waals surface area (Å²) in [7, 11) is 1.28. The maximum absolute atomic E-state index is 12.7. The highest BCUT2D eigenvalue weighted by molar-refractivity contribution is 6.05. The van der Waals surface area contributed by atoms with Crippen LogP contribution in [0.5, 0.6) is 11.5 Å². The van der Waals surface area contributed by atoms with E-state index in [9.17, 15) is 19.5 Å². The van der Waals surface area contributed by atoms with Gasteiger partial charge in [0.2, 0.25) is 0 Å². The van der Waals surface area contributed by atoms with Crippen LogP contribution >= 0.6 is 0 Å². The molecular formula is C27H27NO6. The number of rotatable bonds is 9. The van der Waals surface area contributed by atoms with Gasteiger partial charge < -0.3 is 19.9 Å². The summed E-state index contributed by atoms with van der Waals surface area (Å²) in [5, 5.41) is 13.3. The first-order valence-corrected chi connectivity index (χ1v) is 10.9. The van der Waals surface area contributed by atoms with E-state index < -0.39 is 5.97 Å². The van der Waals surface area contributed by atoms with Crippen LogP contribution in [0.4, 0.5) is 5.69 Å². The van der Waals surface area contributed by atoms with Gasteiger partial charge in [0.05, 0.1) is 18.2 Å². The number of hydrogen-bond donors (Lipinski definition) is 2. The van der Waals surface area contributed by atoms with Gasteiger partial charge in [-0.2, -0.15) is 0 Å². The van der Waals surface area contributed by atoms with E-state index in [1.54, 1.807) is 48.5 Å².